The first kappa shape index (κ1) is 15.9. The third kappa shape index (κ3) is 4.79. The molecule has 0 spiro atoms. The van der Waals surface area contributed by atoms with Crippen LogP contribution in [-0.4, -0.2) is 46.4 Å². The van der Waals surface area contributed by atoms with E-state index in [1.54, 1.807) is 0 Å². The second-order valence-corrected chi connectivity index (χ2v) is 3.25. The standard InChI is InChI=1S/C11H14O7/c1-4-7(13)17-9(6(3)12)10(11(15)16)18-8(14)5-2/h4-6,9-10,12H,1-2H2,3H3,(H,15,16). The first-order valence-electron chi connectivity index (χ1n) is 4.90. The fourth-order valence-electron chi connectivity index (χ4n) is 1.03. The lowest BCUT2D eigenvalue weighted by atomic mass is 10.1. The zero-order valence-electron chi connectivity index (χ0n) is 9.74. The van der Waals surface area contributed by atoms with Gasteiger partial charge in [-0.25, -0.2) is 14.4 Å². The Morgan fingerprint density at radius 2 is 1.56 bits per heavy atom. The fraction of sp³-hybridized carbons (Fsp3) is 0.364. The molecule has 100 valence electrons. The van der Waals surface area contributed by atoms with Gasteiger partial charge in [0.15, 0.2) is 6.10 Å². The van der Waals surface area contributed by atoms with Gasteiger partial charge >= 0.3 is 17.9 Å². The van der Waals surface area contributed by atoms with Gasteiger partial charge in [0.25, 0.3) is 0 Å². The summed E-state index contributed by atoms with van der Waals surface area (Å²) < 4.78 is 9.13. The number of carbonyl (C=O) groups excluding carboxylic acids is 2. The highest BCUT2D eigenvalue weighted by Crippen LogP contribution is 2.11. The van der Waals surface area contributed by atoms with Gasteiger partial charge < -0.3 is 19.7 Å². The van der Waals surface area contributed by atoms with E-state index in [0.717, 1.165) is 12.2 Å². The first-order chi connectivity index (χ1) is 8.33. The summed E-state index contributed by atoms with van der Waals surface area (Å²) in [6.45, 7) is 7.42. The topological polar surface area (TPSA) is 110 Å². The van der Waals surface area contributed by atoms with Crippen LogP contribution >= 0.6 is 0 Å². The zero-order chi connectivity index (χ0) is 14.3. The van der Waals surface area contributed by atoms with E-state index in [-0.39, 0.29) is 0 Å². The van der Waals surface area contributed by atoms with Crippen molar-refractivity contribution >= 4 is 17.9 Å². The van der Waals surface area contributed by atoms with Gasteiger partial charge in [-0.2, -0.15) is 0 Å². The molecule has 0 bridgehead atoms. The number of carboxylic acids is 1. The zero-order valence-corrected chi connectivity index (χ0v) is 9.74. The molecule has 7 heteroatoms. The summed E-state index contributed by atoms with van der Waals surface area (Å²) in [6, 6.07) is 0. The maximum atomic E-state index is 11.0. The predicted octanol–water partition coefficient (Wildman–Crippen LogP) is -0.353. The number of carboxylic acid groups (broad SMARTS) is 1. The van der Waals surface area contributed by atoms with E-state index in [1.807, 2.05) is 0 Å². The number of aliphatic carboxylic acids is 1. The molecular weight excluding hydrogens is 244 g/mol. The van der Waals surface area contributed by atoms with Gasteiger partial charge in [0.1, 0.15) is 0 Å². The van der Waals surface area contributed by atoms with Crippen molar-refractivity contribution in [3.8, 4) is 0 Å². The van der Waals surface area contributed by atoms with E-state index in [9.17, 15) is 19.5 Å². The van der Waals surface area contributed by atoms with Crippen molar-refractivity contribution in [1.82, 2.24) is 0 Å². The van der Waals surface area contributed by atoms with Gasteiger partial charge in [-0.05, 0) is 6.92 Å². The Bertz CT molecular complexity index is 358. The monoisotopic (exact) mass is 258 g/mol. The van der Waals surface area contributed by atoms with Crippen LogP contribution in [0.5, 0.6) is 0 Å². The second-order valence-electron chi connectivity index (χ2n) is 3.25. The van der Waals surface area contributed by atoms with Crippen LogP contribution in [0.25, 0.3) is 0 Å². The summed E-state index contributed by atoms with van der Waals surface area (Å²) >= 11 is 0. The average molecular weight is 258 g/mol. The van der Waals surface area contributed by atoms with Gasteiger partial charge in [0.2, 0.25) is 6.10 Å². The number of ether oxygens (including phenoxy) is 2. The van der Waals surface area contributed by atoms with Gasteiger partial charge in [-0.3, -0.25) is 0 Å². The van der Waals surface area contributed by atoms with Crippen LogP contribution in [0.2, 0.25) is 0 Å². The highest BCUT2D eigenvalue weighted by atomic mass is 16.6. The Balaban J connectivity index is 5.04. The molecule has 0 aliphatic carbocycles. The first-order valence-corrected chi connectivity index (χ1v) is 4.90. The van der Waals surface area contributed by atoms with Crippen LogP contribution in [-0.2, 0) is 23.9 Å². The number of aliphatic hydroxyl groups excluding tert-OH is 1. The summed E-state index contributed by atoms with van der Waals surface area (Å²) in [7, 11) is 0. The van der Waals surface area contributed by atoms with Crippen LogP contribution in [0.1, 0.15) is 6.92 Å². The molecule has 0 aromatic heterocycles. The number of hydrogen-bond acceptors (Lipinski definition) is 6. The summed E-state index contributed by atoms with van der Waals surface area (Å²) in [6.07, 6.45) is -3.18. The molecule has 2 N–H and O–H groups in total. The minimum Gasteiger partial charge on any atom is -0.478 e. The lowest BCUT2D eigenvalue weighted by Crippen LogP contribution is -2.46. The Hall–Kier alpha value is -2.15. The van der Waals surface area contributed by atoms with Crippen LogP contribution < -0.4 is 0 Å². The van der Waals surface area contributed by atoms with E-state index in [0.29, 0.717) is 0 Å². The van der Waals surface area contributed by atoms with Crippen molar-refractivity contribution in [3.63, 3.8) is 0 Å². The molecule has 0 radical (unpaired) electrons. The minimum absolute atomic E-state index is 0.754. The van der Waals surface area contributed by atoms with Gasteiger partial charge in [0.05, 0.1) is 6.10 Å². The second kappa shape index (κ2) is 7.23. The summed E-state index contributed by atoms with van der Waals surface area (Å²) in [5.74, 6) is -3.52. The molecule has 18 heavy (non-hydrogen) atoms. The van der Waals surface area contributed by atoms with Gasteiger partial charge in [-0.15, -0.1) is 0 Å². The third-order valence-electron chi connectivity index (χ3n) is 1.85. The lowest BCUT2D eigenvalue weighted by Gasteiger charge is -2.25. The molecule has 0 saturated heterocycles. The predicted molar refractivity (Wildman–Crippen MR) is 59.5 cm³/mol. The Kier molecular flexibility index (Phi) is 6.37. The van der Waals surface area contributed by atoms with Crippen molar-refractivity contribution in [3.05, 3.63) is 25.3 Å². The van der Waals surface area contributed by atoms with Crippen LogP contribution in [0, 0.1) is 0 Å². The average Bonchev–Trinajstić information content (AvgIpc) is 2.31. The SMILES string of the molecule is C=CC(=O)OC(C(=O)O)C(OC(=O)C=C)C(C)O. The van der Waals surface area contributed by atoms with E-state index in [2.05, 4.69) is 22.6 Å². The van der Waals surface area contributed by atoms with E-state index in [4.69, 9.17) is 5.11 Å². The van der Waals surface area contributed by atoms with Gasteiger partial charge in [0, 0.05) is 12.2 Å². The van der Waals surface area contributed by atoms with Crippen molar-refractivity contribution in [2.75, 3.05) is 0 Å². The molecule has 0 saturated carbocycles. The van der Waals surface area contributed by atoms with Crippen molar-refractivity contribution in [1.29, 1.82) is 0 Å². The fourth-order valence-corrected chi connectivity index (χ4v) is 1.03. The van der Waals surface area contributed by atoms with Crippen molar-refractivity contribution < 1.29 is 34.1 Å². The van der Waals surface area contributed by atoms with E-state index in [1.165, 1.54) is 6.92 Å². The Morgan fingerprint density at radius 3 is 1.89 bits per heavy atom. The lowest BCUT2D eigenvalue weighted by molar-refractivity contribution is -0.182. The smallest absolute Gasteiger partial charge is 0.349 e. The molecule has 0 heterocycles. The quantitative estimate of drug-likeness (QED) is 0.474. The number of esters is 2. The molecule has 0 aliphatic heterocycles. The molecule has 3 unspecified atom stereocenters. The summed E-state index contributed by atoms with van der Waals surface area (Å²) in [5.41, 5.74) is 0. The molecular formula is C11H14O7. The van der Waals surface area contributed by atoms with Crippen LogP contribution in [0.4, 0.5) is 0 Å². The van der Waals surface area contributed by atoms with Crippen LogP contribution in [0.15, 0.2) is 25.3 Å². The number of hydrogen-bond donors (Lipinski definition) is 2. The van der Waals surface area contributed by atoms with E-state index >= 15 is 0 Å². The molecule has 3 atom stereocenters. The summed E-state index contributed by atoms with van der Waals surface area (Å²) in [5, 5.41) is 18.3. The number of aliphatic hydroxyl groups is 1. The van der Waals surface area contributed by atoms with Crippen molar-refractivity contribution in [2.45, 2.75) is 25.2 Å². The Morgan fingerprint density at radius 1 is 1.11 bits per heavy atom. The molecule has 0 aromatic carbocycles. The third-order valence-corrected chi connectivity index (χ3v) is 1.85. The maximum absolute atomic E-state index is 11.0. The van der Waals surface area contributed by atoms with E-state index < -0.39 is 36.2 Å². The highest BCUT2D eigenvalue weighted by Gasteiger charge is 2.37. The molecule has 0 aromatic rings. The summed E-state index contributed by atoms with van der Waals surface area (Å²) in [4.78, 5) is 32.9. The molecule has 7 nitrogen and oxygen atoms in total. The van der Waals surface area contributed by atoms with Crippen LogP contribution in [0.3, 0.4) is 0 Å². The molecule has 0 fully saturated rings. The normalized spacial score (nSPS) is 14.8. The molecule has 0 aliphatic rings. The minimum atomic E-state index is -1.83. The maximum Gasteiger partial charge on any atom is 0.349 e. The Labute approximate surface area is 103 Å². The van der Waals surface area contributed by atoms with Gasteiger partial charge in [-0.1, -0.05) is 13.2 Å². The van der Waals surface area contributed by atoms with Crippen molar-refractivity contribution in [2.24, 2.45) is 0 Å². The highest BCUT2D eigenvalue weighted by molar-refractivity contribution is 5.85. The number of carbonyl (C=O) groups is 3. The molecule has 0 amide bonds. The molecule has 0 rings (SSSR count). The number of rotatable bonds is 7. The largest absolute Gasteiger partial charge is 0.478 e.